The van der Waals surface area contributed by atoms with E-state index >= 15 is 0 Å². The van der Waals surface area contributed by atoms with Gasteiger partial charge in [0.15, 0.2) is 0 Å². The fourth-order valence-corrected chi connectivity index (χ4v) is 2.89. The normalized spacial score (nSPS) is 23.2. The maximum absolute atomic E-state index is 12.3. The van der Waals surface area contributed by atoms with Gasteiger partial charge >= 0.3 is 0 Å². The molecule has 0 aliphatic carbocycles. The van der Waals surface area contributed by atoms with Crippen molar-refractivity contribution in [3.05, 3.63) is 35.9 Å². The molecule has 1 aromatic rings. The first kappa shape index (κ1) is 14.3. The lowest BCUT2D eigenvalue weighted by molar-refractivity contribution is -0.123. The van der Waals surface area contributed by atoms with Crippen LogP contribution in [0.15, 0.2) is 30.3 Å². The first-order valence-corrected chi connectivity index (χ1v) is 7.51. The Labute approximate surface area is 116 Å². The van der Waals surface area contributed by atoms with Crippen molar-refractivity contribution in [1.82, 2.24) is 4.90 Å². The van der Waals surface area contributed by atoms with E-state index in [0.29, 0.717) is 5.78 Å². The van der Waals surface area contributed by atoms with Gasteiger partial charge in [-0.2, -0.15) is 0 Å². The van der Waals surface area contributed by atoms with E-state index in [1.54, 1.807) is 0 Å². The minimum atomic E-state index is 0.241. The predicted octanol–water partition coefficient (Wildman–Crippen LogP) is 3.31. The lowest BCUT2D eigenvalue weighted by Gasteiger charge is -2.21. The molecule has 2 heteroatoms. The molecule has 0 amide bonds. The molecule has 1 heterocycles. The molecule has 1 fully saturated rings. The third kappa shape index (κ3) is 4.79. The zero-order valence-electron chi connectivity index (χ0n) is 12.0. The molecule has 0 N–H and O–H groups in total. The fraction of sp³-hybridized carbons (Fsp3) is 0.588. The second kappa shape index (κ2) is 7.44. The highest BCUT2D eigenvalue weighted by molar-refractivity contribution is 5.81. The molecule has 1 aliphatic rings. The van der Waals surface area contributed by atoms with Gasteiger partial charge in [0.25, 0.3) is 0 Å². The van der Waals surface area contributed by atoms with E-state index in [-0.39, 0.29) is 5.92 Å². The van der Waals surface area contributed by atoms with E-state index in [1.165, 1.54) is 24.9 Å². The number of rotatable bonds is 2. The highest BCUT2D eigenvalue weighted by Crippen LogP contribution is 2.20. The molecule has 0 saturated carbocycles. The Morgan fingerprint density at radius 1 is 1.11 bits per heavy atom. The van der Waals surface area contributed by atoms with Crippen molar-refractivity contribution in [3.63, 3.8) is 0 Å². The van der Waals surface area contributed by atoms with Crippen LogP contribution in [0.5, 0.6) is 0 Å². The van der Waals surface area contributed by atoms with E-state index in [4.69, 9.17) is 0 Å². The van der Waals surface area contributed by atoms with Crippen LogP contribution in [0.2, 0.25) is 0 Å². The minimum Gasteiger partial charge on any atom is -0.306 e. The summed E-state index contributed by atoms with van der Waals surface area (Å²) in [6, 6.07) is 10.4. The fourth-order valence-electron chi connectivity index (χ4n) is 2.89. The molecule has 104 valence electrons. The zero-order valence-corrected chi connectivity index (χ0v) is 12.0. The SMILES string of the molecule is CN1CCCCC(Cc2ccccc2)C(=O)CCC1. The lowest BCUT2D eigenvalue weighted by atomic mass is 9.88. The van der Waals surface area contributed by atoms with E-state index in [2.05, 4.69) is 36.2 Å². The Balaban J connectivity index is 1.95. The summed E-state index contributed by atoms with van der Waals surface area (Å²) in [6.45, 7) is 2.23. The zero-order chi connectivity index (χ0) is 13.5. The highest BCUT2D eigenvalue weighted by atomic mass is 16.1. The summed E-state index contributed by atoms with van der Waals surface area (Å²) in [5, 5.41) is 0. The Morgan fingerprint density at radius 2 is 1.84 bits per heavy atom. The van der Waals surface area contributed by atoms with Crippen molar-refractivity contribution < 1.29 is 4.79 Å². The summed E-state index contributed by atoms with van der Waals surface area (Å²) >= 11 is 0. The first-order valence-electron chi connectivity index (χ1n) is 7.51. The van der Waals surface area contributed by atoms with Gasteiger partial charge < -0.3 is 4.90 Å². The van der Waals surface area contributed by atoms with Crippen LogP contribution in [0.25, 0.3) is 0 Å². The Morgan fingerprint density at radius 3 is 2.63 bits per heavy atom. The molecule has 1 atom stereocenters. The standard InChI is InChI=1S/C17H25NO/c1-18-12-6-5-10-16(17(19)11-7-13-18)14-15-8-3-2-4-9-15/h2-4,8-9,16H,5-7,10-14H2,1H3. The van der Waals surface area contributed by atoms with Crippen molar-refractivity contribution in [3.8, 4) is 0 Å². The number of ketones is 1. The smallest absolute Gasteiger partial charge is 0.136 e. The molecule has 2 rings (SSSR count). The van der Waals surface area contributed by atoms with Crippen LogP contribution < -0.4 is 0 Å². The molecule has 1 aromatic carbocycles. The van der Waals surface area contributed by atoms with Gasteiger partial charge in [0.2, 0.25) is 0 Å². The largest absolute Gasteiger partial charge is 0.306 e. The summed E-state index contributed by atoms with van der Waals surface area (Å²) in [5.41, 5.74) is 1.30. The average molecular weight is 259 g/mol. The summed E-state index contributed by atoms with van der Waals surface area (Å²) in [4.78, 5) is 14.7. The molecule has 1 unspecified atom stereocenters. The van der Waals surface area contributed by atoms with E-state index in [1.807, 2.05) is 6.07 Å². The molecule has 1 aliphatic heterocycles. The third-order valence-corrected chi connectivity index (χ3v) is 4.09. The van der Waals surface area contributed by atoms with Gasteiger partial charge in [0, 0.05) is 12.3 Å². The number of hydrogen-bond donors (Lipinski definition) is 0. The van der Waals surface area contributed by atoms with Crippen molar-refractivity contribution in [2.75, 3.05) is 20.1 Å². The van der Waals surface area contributed by atoms with Crippen LogP contribution >= 0.6 is 0 Å². The van der Waals surface area contributed by atoms with Crippen LogP contribution in [-0.4, -0.2) is 30.8 Å². The van der Waals surface area contributed by atoms with Gasteiger partial charge in [0.05, 0.1) is 0 Å². The Bertz CT molecular complexity index is 388. The van der Waals surface area contributed by atoms with Crippen molar-refractivity contribution in [2.45, 2.75) is 38.5 Å². The molecule has 2 nitrogen and oxygen atoms in total. The van der Waals surface area contributed by atoms with Gasteiger partial charge in [-0.15, -0.1) is 0 Å². The topological polar surface area (TPSA) is 20.3 Å². The number of nitrogens with zero attached hydrogens (tertiary/aromatic N) is 1. The second-order valence-electron chi connectivity index (χ2n) is 5.76. The van der Waals surface area contributed by atoms with Crippen LogP contribution in [0.1, 0.15) is 37.7 Å². The number of carbonyl (C=O) groups is 1. The summed E-state index contributed by atoms with van der Waals surface area (Å²) in [5.74, 6) is 0.713. The quantitative estimate of drug-likeness (QED) is 0.812. The van der Waals surface area contributed by atoms with Crippen LogP contribution in [-0.2, 0) is 11.2 Å². The van der Waals surface area contributed by atoms with Crippen LogP contribution in [0.4, 0.5) is 0 Å². The van der Waals surface area contributed by atoms with Crippen LogP contribution in [0.3, 0.4) is 0 Å². The molecular weight excluding hydrogens is 234 g/mol. The molecule has 0 bridgehead atoms. The molecular formula is C17H25NO. The van der Waals surface area contributed by atoms with E-state index in [9.17, 15) is 4.79 Å². The number of Topliss-reactive ketones (excluding diaryl/α,β-unsaturated/α-hetero) is 1. The second-order valence-corrected chi connectivity index (χ2v) is 5.76. The molecule has 1 saturated heterocycles. The average Bonchev–Trinajstić information content (AvgIpc) is 2.42. The van der Waals surface area contributed by atoms with Gasteiger partial charge in [-0.25, -0.2) is 0 Å². The minimum absolute atomic E-state index is 0.241. The maximum Gasteiger partial charge on any atom is 0.136 e. The summed E-state index contributed by atoms with van der Waals surface area (Å²) in [7, 11) is 2.16. The van der Waals surface area contributed by atoms with Gasteiger partial charge in [0.1, 0.15) is 5.78 Å². The Kier molecular flexibility index (Phi) is 5.59. The number of hydrogen-bond acceptors (Lipinski definition) is 2. The lowest BCUT2D eigenvalue weighted by Crippen LogP contribution is -2.25. The number of benzene rings is 1. The molecule has 0 spiro atoms. The van der Waals surface area contributed by atoms with Gasteiger partial charge in [-0.05, 0) is 51.4 Å². The van der Waals surface area contributed by atoms with Crippen molar-refractivity contribution in [1.29, 1.82) is 0 Å². The Hall–Kier alpha value is -1.15. The van der Waals surface area contributed by atoms with Crippen molar-refractivity contribution in [2.24, 2.45) is 5.92 Å². The molecule has 0 radical (unpaired) electrons. The van der Waals surface area contributed by atoms with Gasteiger partial charge in [-0.3, -0.25) is 4.79 Å². The predicted molar refractivity (Wildman–Crippen MR) is 79.2 cm³/mol. The highest BCUT2D eigenvalue weighted by Gasteiger charge is 2.19. The number of carbonyl (C=O) groups excluding carboxylic acids is 1. The molecule has 19 heavy (non-hydrogen) atoms. The third-order valence-electron chi connectivity index (χ3n) is 4.09. The van der Waals surface area contributed by atoms with Gasteiger partial charge in [-0.1, -0.05) is 36.8 Å². The maximum atomic E-state index is 12.3. The van der Waals surface area contributed by atoms with E-state index < -0.39 is 0 Å². The first-order chi connectivity index (χ1) is 9.25. The van der Waals surface area contributed by atoms with Crippen molar-refractivity contribution >= 4 is 5.78 Å². The summed E-state index contributed by atoms with van der Waals surface area (Å²) in [6.07, 6.45) is 6.14. The monoisotopic (exact) mass is 259 g/mol. The molecule has 0 aromatic heterocycles. The summed E-state index contributed by atoms with van der Waals surface area (Å²) < 4.78 is 0. The van der Waals surface area contributed by atoms with E-state index in [0.717, 1.165) is 32.2 Å². The van der Waals surface area contributed by atoms with Crippen LogP contribution in [0, 0.1) is 5.92 Å².